The summed E-state index contributed by atoms with van der Waals surface area (Å²) in [5.74, 6) is 0.130. The second kappa shape index (κ2) is 5.60. The molecule has 1 aromatic rings. The van der Waals surface area contributed by atoms with Gasteiger partial charge in [0, 0.05) is 20.0 Å². The average Bonchev–Trinajstić information content (AvgIpc) is 2.75. The topological polar surface area (TPSA) is 42.4 Å². The first kappa shape index (κ1) is 12.5. The van der Waals surface area contributed by atoms with Crippen LogP contribution in [0.3, 0.4) is 0 Å². The van der Waals surface area contributed by atoms with E-state index < -0.39 is 0 Å². The van der Waals surface area contributed by atoms with Crippen molar-refractivity contribution in [3.8, 4) is 0 Å². The summed E-state index contributed by atoms with van der Waals surface area (Å²) in [6.07, 6.45) is 1.91. The highest BCUT2D eigenvalue weighted by Crippen LogP contribution is 2.28. The highest BCUT2D eigenvalue weighted by molar-refractivity contribution is 7.17. The van der Waals surface area contributed by atoms with E-state index in [1.54, 1.807) is 6.92 Å². The van der Waals surface area contributed by atoms with Gasteiger partial charge in [0.25, 0.3) is 0 Å². The number of aromatic nitrogens is 1. The Kier molecular flexibility index (Phi) is 4.12. The fourth-order valence-electron chi connectivity index (χ4n) is 1.91. The molecule has 2 rings (SSSR count). The lowest BCUT2D eigenvalue weighted by Crippen LogP contribution is -2.36. The Morgan fingerprint density at radius 2 is 2.18 bits per heavy atom. The van der Waals surface area contributed by atoms with Crippen LogP contribution in [0.25, 0.3) is 0 Å². The van der Waals surface area contributed by atoms with Crippen molar-refractivity contribution in [2.24, 2.45) is 0 Å². The molecule has 0 spiro atoms. The van der Waals surface area contributed by atoms with Crippen molar-refractivity contribution in [2.75, 3.05) is 31.2 Å². The largest absolute Gasteiger partial charge is 0.378 e. The van der Waals surface area contributed by atoms with E-state index >= 15 is 0 Å². The van der Waals surface area contributed by atoms with E-state index in [-0.39, 0.29) is 5.78 Å². The molecule has 0 bridgehead atoms. The third-order valence-electron chi connectivity index (χ3n) is 2.77. The maximum absolute atomic E-state index is 11.6. The van der Waals surface area contributed by atoms with Crippen LogP contribution in [0.5, 0.6) is 0 Å². The summed E-state index contributed by atoms with van der Waals surface area (Å²) in [5, 5.41) is 0.974. The Balaban J connectivity index is 2.22. The molecule has 1 fully saturated rings. The van der Waals surface area contributed by atoms with Gasteiger partial charge in [-0.25, -0.2) is 4.98 Å². The summed E-state index contributed by atoms with van der Waals surface area (Å²) < 4.78 is 5.32. The number of ketones is 1. The first-order valence-corrected chi connectivity index (χ1v) is 6.87. The molecule has 94 valence electrons. The van der Waals surface area contributed by atoms with Crippen molar-refractivity contribution in [1.29, 1.82) is 0 Å². The zero-order valence-corrected chi connectivity index (χ0v) is 11.2. The molecule has 5 heteroatoms. The number of morpholine rings is 1. The number of nitrogens with zero attached hydrogens (tertiary/aromatic N) is 2. The van der Waals surface area contributed by atoms with Crippen molar-refractivity contribution >= 4 is 22.3 Å². The second-order valence-corrected chi connectivity index (χ2v) is 5.16. The number of carbonyl (C=O) groups excluding carboxylic acids is 1. The molecule has 17 heavy (non-hydrogen) atoms. The Morgan fingerprint density at radius 1 is 1.47 bits per heavy atom. The van der Waals surface area contributed by atoms with Crippen molar-refractivity contribution < 1.29 is 9.53 Å². The monoisotopic (exact) mass is 254 g/mol. The molecule has 0 saturated carbocycles. The van der Waals surface area contributed by atoms with Crippen molar-refractivity contribution in [1.82, 2.24) is 4.98 Å². The van der Waals surface area contributed by atoms with Gasteiger partial charge in [-0.05, 0) is 6.42 Å². The van der Waals surface area contributed by atoms with Crippen LogP contribution < -0.4 is 4.90 Å². The van der Waals surface area contributed by atoms with E-state index in [2.05, 4.69) is 16.8 Å². The Bertz CT molecular complexity index is 397. The van der Waals surface area contributed by atoms with Crippen LogP contribution in [-0.4, -0.2) is 37.1 Å². The fourth-order valence-corrected chi connectivity index (χ4v) is 2.97. The summed E-state index contributed by atoms with van der Waals surface area (Å²) in [7, 11) is 0. The number of carbonyl (C=O) groups is 1. The van der Waals surface area contributed by atoms with Crippen LogP contribution in [0.2, 0.25) is 0 Å². The lowest BCUT2D eigenvalue weighted by molar-refractivity contribution is 0.102. The van der Waals surface area contributed by atoms with Crippen LogP contribution in [0, 0.1) is 0 Å². The SMILES string of the molecule is CCCc1nc(N2CCOCC2)sc1C(C)=O. The van der Waals surface area contributed by atoms with Gasteiger partial charge < -0.3 is 9.64 Å². The number of Topliss-reactive ketones (excluding diaryl/α,β-unsaturated/α-hetero) is 1. The number of hydrogen-bond acceptors (Lipinski definition) is 5. The summed E-state index contributed by atoms with van der Waals surface area (Å²) in [6.45, 7) is 6.97. The van der Waals surface area contributed by atoms with E-state index in [9.17, 15) is 4.79 Å². The molecule has 1 aliphatic heterocycles. The number of thiazole rings is 1. The fraction of sp³-hybridized carbons (Fsp3) is 0.667. The smallest absolute Gasteiger partial charge is 0.186 e. The minimum absolute atomic E-state index is 0.130. The Labute approximate surface area is 106 Å². The van der Waals surface area contributed by atoms with Gasteiger partial charge in [-0.15, -0.1) is 0 Å². The predicted molar refractivity (Wildman–Crippen MR) is 69.1 cm³/mol. The Morgan fingerprint density at radius 3 is 2.76 bits per heavy atom. The molecule has 1 saturated heterocycles. The molecular formula is C12H18N2O2S. The van der Waals surface area contributed by atoms with Gasteiger partial charge in [0.15, 0.2) is 10.9 Å². The van der Waals surface area contributed by atoms with Gasteiger partial charge >= 0.3 is 0 Å². The third kappa shape index (κ3) is 2.84. The highest BCUT2D eigenvalue weighted by atomic mass is 32.1. The number of hydrogen-bond donors (Lipinski definition) is 0. The van der Waals surface area contributed by atoms with Crippen molar-refractivity contribution in [3.05, 3.63) is 10.6 Å². The van der Waals surface area contributed by atoms with E-state index in [4.69, 9.17) is 4.74 Å². The van der Waals surface area contributed by atoms with Gasteiger partial charge in [0.1, 0.15) is 0 Å². The zero-order chi connectivity index (χ0) is 12.3. The highest BCUT2D eigenvalue weighted by Gasteiger charge is 2.19. The molecule has 1 aliphatic rings. The summed E-state index contributed by atoms with van der Waals surface area (Å²) >= 11 is 1.52. The van der Waals surface area contributed by atoms with Gasteiger partial charge in [0.2, 0.25) is 0 Å². The molecule has 0 amide bonds. The van der Waals surface area contributed by atoms with Crippen LogP contribution >= 0.6 is 11.3 Å². The molecule has 0 atom stereocenters. The summed E-state index contributed by atoms with van der Waals surface area (Å²) in [6, 6.07) is 0. The van der Waals surface area contributed by atoms with E-state index in [1.807, 2.05) is 0 Å². The van der Waals surface area contributed by atoms with E-state index in [0.29, 0.717) is 0 Å². The number of rotatable bonds is 4. The molecule has 0 N–H and O–H groups in total. The van der Waals surface area contributed by atoms with Crippen LogP contribution in [0.1, 0.15) is 35.6 Å². The van der Waals surface area contributed by atoms with Crippen LogP contribution in [-0.2, 0) is 11.2 Å². The molecule has 0 aliphatic carbocycles. The number of anilines is 1. The molecule has 4 nitrogen and oxygen atoms in total. The van der Waals surface area contributed by atoms with Gasteiger partial charge in [0.05, 0.1) is 23.8 Å². The molecule has 1 aromatic heterocycles. The van der Waals surface area contributed by atoms with Gasteiger partial charge in [-0.3, -0.25) is 4.79 Å². The van der Waals surface area contributed by atoms with E-state index in [1.165, 1.54) is 11.3 Å². The lowest BCUT2D eigenvalue weighted by atomic mass is 10.2. The molecule has 0 unspecified atom stereocenters. The first-order valence-electron chi connectivity index (χ1n) is 6.05. The second-order valence-electron chi connectivity index (χ2n) is 4.18. The quantitative estimate of drug-likeness (QED) is 0.772. The standard InChI is InChI=1S/C12H18N2O2S/c1-3-4-10-11(9(2)15)17-12(13-10)14-5-7-16-8-6-14/h3-8H2,1-2H3. The lowest BCUT2D eigenvalue weighted by Gasteiger charge is -2.26. The number of ether oxygens (including phenoxy) is 1. The zero-order valence-electron chi connectivity index (χ0n) is 10.4. The normalized spacial score (nSPS) is 16.2. The van der Waals surface area contributed by atoms with Gasteiger partial charge in [-0.1, -0.05) is 24.7 Å². The molecular weight excluding hydrogens is 236 g/mol. The minimum Gasteiger partial charge on any atom is -0.378 e. The first-order chi connectivity index (χ1) is 8.22. The van der Waals surface area contributed by atoms with Gasteiger partial charge in [-0.2, -0.15) is 0 Å². The summed E-state index contributed by atoms with van der Waals surface area (Å²) in [5.41, 5.74) is 0.964. The maximum Gasteiger partial charge on any atom is 0.186 e. The number of aryl methyl sites for hydroxylation is 1. The summed E-state index contributed by atoms with van der Waals surface area (Å²) in [4.78, 5) is 19.2. The molecule has 2 heterocycles. The van der Waals surface area contributed by atoms with Crippen molar-refractivity contribution in [3.63, 3.8) is 0 Å². The van der Waals surface area contributed by atoms with E-state index in [0.717, 1.165) is 54.8 Å². The Hall–Kier alpha value is -0.940. The third-order valence-corrected chi connectivity index (χ3v) is 4.03. The van der Waals surface area contributed by atoms with Crippen molar-refractivity contribution in [2.45, 2.75) is 26.7 Å². The minimum atomic E-state index is 0.130. The van der Waals surface area contributed by atoms with Crippen LogP contribution in [0.15, 0.2) is 0 Å². The maximum atomic E-state index is 11.6. The molecule has 0 aromatic carbocycles. The molecule has 0 radical (unpaired) electrons. The van der Waals surface area contributed by atoms with Crippen LogP contribution in [0.4, 0.5) is 5.13 Å². The average molecular weight is 254 g/mol. The predicted octanol–water partition coefficient (Wildman–Crippen LogP) is 2.13.